The second-order valence-corrected chi connectivity index (χ2v) is 8.79. The Bertz CT molecular complexity index is 831. The molecular formula is C23H24Cl2Zr-2. The number of halogens is 2. The van der Waals surface area contributed by atoms with Crippen LogP contribution in [0, 0.1) is 19.9 Å². The average Bonchev–Trinajstić information content (AvgIpc) is 3.18. The van der Waals surface area contributed by atoms with Crippen LogP contribution in [0.5, 0.6) is 0 Å². The van der Waals surface area contributed by atoms with E-state index in [2.05, 4.69) is 82.3 Å². The maximum Gasteiger partial charge on any atom is -0.0410 e. The summed E-state index contributed by atoms with van der Waals surface area (Å²) < 4.78 is 1.51. The Morgan fingerprint density at radius 3 is 1.69 bits per heavy atom. The maximum absolute atomic E-state index is 2.99. The number of rotatable bonds is 0. The maximum atomic E-state index is 2.99. The second kappa shape index (κ2) is 12.5. The Kier molecular flexibility index (Phi) is 12.1. The molecule has 0 aliphatic heterocycles. The number of hydrogen-bond donors (Lipinski definition) is 0. The molecule has 1 aliphatic carbocycles. The molecule has 4 rings (SSSR count). The predicted octanol–water partition coefficient (Wildman–Crippen LogP) is 0.388. The first-order valence-corrected chi connectivity index (χ1v) is 9.50. The SMILES string of the molecule is C[C](C)=[Zr+2].Cc1ccc2[cH-]c3ccc(C)cc3c2c1.[C-]1=CC=CC1.[Cl-].[Cl-]. The first-order chi connectivity index (χ1) is 11.5. The monoisotopic (exact) mass is 460 g/mol. The van der Waals surface area contributed by atoms with Gasteiger partial charge in [0.25, 0.3) is 0 Å². The molecule has 3 aromatic rings. The Labute approximate surface area is 184 Å². The van der Waals surface area contributed by atoms with E-state index in [9.17, 15) is 0 Å². The molecule has 0 bridgehead atoms. The van der Waals surface area contributed by atoms with Crippen molar-refractivity contribution >= 4 is 24.8 Å². The summed E-state index contributed by atoms with van der Waals surface area (Å²) in [6.45, 7) is 8.54. The molecule has 0 saturated carbocycles. The minimum Gasteiger partial charge on any atom is -1.00 e. The molecule has 0 saturated heterocycles. The summed E-state index contributed by atoms with van der Waals surface area (Å²) in [7, 11) is 0. The molecule has 0 nitrogen and oxygen atoms in total. The predicted molar refractivity (Wildman–Crippen MR) is 104 cm³/mol. The van der Waals surface area contributed by atoms with E-state index in [0.29, 0.717) is 0 Å². The smallest absolute Gasteiger partial charge is 0.0410 e. The van der Waals surface area contributed by atoms with E-state index in [-0.39, 0.29) is 24.8 Å². The molecule has 3 heteroatoms. The molecular weight excluding hydrogens is 438 g/mol. The van der Waals surface area contributed by atoms with Crippen LogP contribution < -0.4 is 24.8 Å². The van der Waals surface area contributed by atoms with E-state index >= 15 is 0 Å². The van der Waals surface area contributed by atoms with Gasteiger partial charge >= 0.3 is 41.3 Å². The van der Waals surface area contributed by atoms with Crippen molar-refractivity contribution < 1.29 is 49.0 Å². The van der Waals surface area contributed by atoms with Crippen molar-refractivity contribution in [2.24, 2.45) is 0 Å². The number of hydrogen-bond acceptors (Lipinski definition) is 0. The van der Waals surface area contributed by atoms with E-state index in [1.54, 1.807) is 24.2 Å². The van der Waals surface area contributed by atoms with Gasteiger partial charge in [0.2, 0.25) is 0 Å². The zero-order chi connectivity index (χ0) is 17.5. The molecule has 0 spiro atoms. The van der Waals surface area contributed by atoms with Gasteiger partial charge in [-0.3, -0.25) is 6.08 Å². The fraction of sp³-hybridized carbons (Fsp3) is 0.217. The van der Waals surface area contributed by atoms with Crippen LogP contribution in [0.25, 0.3) is 21.5 Å². The molecule has 0 radical (unpaired) electrons. The van der Waals surface area contributed by atoms with Crippen molar-refractivity contribution in [3.05, 3.63) is 77.9 Å². The third-order valence-corrected chi connectivity index (χ3v) is 3.60. The second-order valence-electron chi connectivity index (χ2n) is 6.33. The average molecular weight is 463 g/mol. The first kappa shape index (κ1) is 25.1. The molecule has 1 aliphatic rings. The number of fused-ring (bicyclic) bond motifs is 3. The van der Waals surface area contributed by atoms with Gasteiger partial charge in [-0.2, -0.15) is 6.08 Å². The van der Waals surface area contributed by atoms with Gasteiger partial charge < -0.3 is 24.8 Å². The fourth-order valence-electron chi connectivity index (χ4n) is 2.57. The van der Waals surface area contributed by atoms with Crippen LogP contribution in [-0.4, -0.2) is 3.21 Å². The topological polar surface area (TPSA) is 0 Å². The molecule has 0 atom stereocenters. The molecule has 0 aromatic heterocycles. The van der Waals surface area contributed by atoms with Gasteiger partial charge in [0, 0.05) is 0 Å². The van der Waals surface area contributed by atoms with Crippen LogP contribution >= 0.6 is 0 Å². The van der Waals surface area contributed by atoms with Crippen LogP contribution in [-0.2, 0) is 24.2 Å². The van der Waals surface area contributed by atoms with Crippen molar-refractivity contribution in [1.29, 1.82) is 0 Å². The summed E-state index contributed by atoms with van der Waals surface area (Å²) in [4.78, 5) is 0. The molecule has 3 aromatic carbocycles. The minimum absolute atomic E-state index is 0. The molecule has 0 amide bonds. The van der Waals surface area contributed by atoms with Crippen LogP contribution in [0.15, 0.2) is 60.7 Å². The van der Waals surface area contributed by atoms with E-state index in [1.807, 2.05) is 12.2 Å². The number of allylic oxidation sites excluding steroid dienone is 4. The third-order valence-electron chi connectivity index (χ3n) is 3.60. The zero-order valence-corrected chi connectivity index (χ0v) is 19.7. The first-order valence-electron chi connectivity index (χ1n) is 8.27. The number of benzene rings is 2. The van der Waals surface area contributed by atoms with Gasteiger partial charge in [0.1, 0.15) is 0 Å². The Balaban J connectivity index is 0.000000480. The largest absolute Gasteiger partial charge is 1.00 e. The van der Waals surface area contributed by atoms with Crippen LogP contribution in [0.4, 0.5) is 0 Å². The van der Waals surface area contributed by atoms with Gasteiger partial charge in [-0.25, -0.2) is 12.2 Å². The minimum atomic E-state index is 0. The van der Waals surface area contributed by atoms with Crippen LogP contribution in [0.1, 0.15) is 31.4 Å². The molecule has 0 unspecified atom stereocenters. The summed E-state index contributed by atoms with van der Waals surface area (Å²) in [5, 5.41) is 5.46. The van der Waals surface area contributed by atoms with Crippen molar-refractivity contribution in [3.63, 3.8) is 0 Å². The Morgan fingerprint density at radius 2 is 1.38 bits per heavy atom. The fourth-order valence-corrected chi connectivity index (χ4v) is 2.57. The van der Waals surface area contributed by atoms with Crippen molar-refractivity contribution in [2.45, 2.75) is 34.1 Å². The third kappa shape index (κ3) is 7.79. The summed E-state index contributed by atoms with van der Waals surface area (Å²) >= 11 is 1.55. The molecule has 0 heterocycles. The zero-order valence-electron chi connectivity index (χ0n) is 15.7. The molecule has 26 heavy (non-hydrogen) atoms. The van der Waals surface area contributed by atoms with Gasteiger partial charge in [-0.15, -0.1) is 46.2 Å². The van der Waals surface area contributed by atoms with E-state index in [1.165, 1.54) is 35.9 Å². The summed E-state index contributed by atoms with van der Waals surface area (Å²) in [6.07, 6.45) is 10.0. The van der Waals surface area contributed by atoms with Gasteiger partial charge in [0.05, 0.1) is 0 Å². The van der Waals surface area contributed by atoms with Gasteiger partial charge in [-0.1, -0.05) is 35.4 Å². The normalized spacial score (nSPS) is 11.0. The van der Waals surface area contributed by atoms with Gasteiger partial charge in [-0.05, 0) is 13.8 Å². The van der Waals surface area contributed by atoms with Crippen LogP contribution in [0.3, 0.4) is 0 Å². The van der Waals surface area contributed by atoms with E-state index in [4.69, 9.17) is 0 Å². The Hall–Kier alpha value is -0.877. The van der Waals surface area contributed by atoms with E-state index in [0.717, 1.165) is 6.42 Å². The summed E-state index contributed by atoms with van der Waals surface area (Å²) in [5.41, 5.74) is 2.66. The quantitative estimate of drug-likeness (QED) is 0.424. The van der Waals surface area contributed by atoms with Crippen molar-refractivity contribution in [3.8, 4) is 0 Å². The molecule has 0 N–H and O–H groups in total. The van der Waals surface area contributed by atoms with Gasteiger partial charge in [0.15, 0.2) is 0 Å². The summed E-state index contributed by atoms with van der Waals surface area (Å²) in [5.74, 6) is 0. The number of aryl methyl sites for hydroxylation is 2. The standard InChI is InChI=1S/C15H13.C5H5.C3H6.2ClH.Zr/c1-10-3-5-12-9-13-6-4-11(2)8-15(13)14(12)7-10;1-2-4-5-3-1;1-3-2;;;/h3-9H,1-2H3;1-3H,4H2;1-2H3;2*1H;/q2*-1;;;;+2/p-2. The van der Waals surface area contributed by atoms with E-state index < -0.39 is 0 Å². The molecule has 136 valence electrons. The van der Waals surface area contributed by atoms with Crippen molar-refractivity contribution in [2.75, 3.05) is 0 Å². The van der Waals surface area contributed by atoms with Crippen molar-refractivity contribution in [1.82, 2.24) is 0 Å². The van der Waals surface area contributed by atoms with Crippen LogP contribution in [0.2, 0.25) is 0 Å². The summed E-state index contributed by atoms with van der Waals surface area (Å²) in [6, 6.07) is 15.6. The Morgan fingerprint density at radius 1 is 0.923 bits per heavy atom. The molecule has 0 fully saturated rings.